The van der Waals surface area contributed by atoms with Crippen LogP contribution in [0, 0.1) is 10.5 Å². The van der Waals surface area contributed by atoms with Crippen LogP contribution >= 0.6 is 22.6 Å². The minimum atomic E-state index is -0.129. The third-order valence-electron chi connectivity index (χ3n) is 3.43. The summed E-state index contributed by atoms with van der Waals surface area (Å²) < 4.78 is 2.92. The average molecular weight is 417 g/mol. The number of nitrogens with zero attached hydrogens (tertiary/aromatic N) is 2. The maximum Gasteiger partial charge on any atom is 0.256 e. The quantitative estimate of drug-likeness (QED) is 0.650. The van der Waals surface area contributed by atoms with E-state index in [0.29, 0.717) is 17.9 Å². The Morgan fingerprint density at radius 1 is 1.13 bits per heavy atom. The van der Waals surface area contributed by atoms with Crippen LogP contribution in [0.4, 0.5) is 5.82 Å². The van der Waals surface area contributed by atoms with E-state index in [1.54, 1.807) is 0 Å². The number of carbonyl (C=O) groups is 1. The first-order chi connectivity index (χ1) is 11.1. The van der Waals surface area contributed by atoms with E-state index in [0.717, 1.165) is 14.8 Å². The van der Waals surface area contributed by atoms with Gasteiger partial charge in [0.25, 0.3) is 5.91 Å². The van der Waals surface area contributed by atoms with Gasteiger partial charge in [-0.2, -0.15) is 5.10 Å². The van der Waals surface area contributed by atoms with Gasteiger partial charge >= 0.3 is 0 Å². The Balaban J connectivity index is 1.80. The number of aromatic nitrogens is 2. The maximum absolute atomic E-state index is 12.4. The molecule has 0 aliphatic heterocycles. The molecule has 1 aromatic heterocycles. The van der Waals surface area contributed by atoms with Gasteiger partial charge < -0.3 is 5.32 Å². The van der Waals surface area contributed by atoms with Crippen LogP contribution in [0.25, 0.3) is 0 Å². The van der Waals surface area contributed by atoms with Gasteiger partial charge in [0.2, 0.25) is 0 Å². The summed E-state index contributed by atoms with van der Waals surface area (Å²) in [5.74, 6) is 0.575. The summed E-state index contributed by atoms with van der Waals surface area (Å²) >= 11 is 2.22. The number of halogens is 1. The van der Waals surface area contributed by atoms with Crippen molar-refractivity contribution in [2.75, 3.05) is 5.32 Å². The first-order valence-corrected chi connectivity index (χ1v) is 8.35. The molecule has 0 radical (unpaired) electrons. The lowest BCUT2D eigenvalue weighted by Crippen LogP contribution is -2.16. The molecule has 3 aromatic rings. The number of hydrogen-bond acceptors (Lipinski definition) is 2. The second-order valence-electron chi connectivity index (χ2n) is 5.28. The monoisotopic (exact) mass is 417 g/mol. The molecular weight excluding hydrogens is 401 g/mol. The first kappa shape index (κ1) is 15.7. The van der Waals surface area contributed by atoms with Crippen molar-refractivity contribution in [3.8, 4) is 0 Å². The molecule has 23 heavy (non-hydrogen) atoms. The molecule has 116 valence electrons. The van der Waals surface area contributed by atoms with Crippen LogP contribution in [0.5, 0.6) is 0 Å². The van der Waals surface area contributed by atoms with Crippen LogP contribution < -0.4 is 5.32 Å². The van der Waals surface area contributed by atoms with Gasteiger partial charge in [-0.3, -0.25) is 4.79 Å². The summed E-state index contributed by atoms with van der Waals surface area (Å²) in [6, 6.07) is 19.4. The molecule has 1 amide bonds. The fraction of sp³-hybridized carbons (Fsp3) is 0.111. The van der Waals surface area contributed by atoms with E-state index in [2.05, 4.69) is 33.0 Å². The predicted molar refractivity (Wildman–Crippen MR) is 99.6 cm³/mol. The molecule has 2 aromatic carbocycles. The topological polar surface area (TPSA) is 46.9 Å². The highest BCUT2D eigenvalue weighted by molar-refractivity contribution is 14.1. The van der Waals surface area contributed by atoms with Crippen LogP contribution in [0.15, 0.2) is 60.7 Å². The van der Waals surface area contributed by atoms with Crippen molar-refractivity contribution < 1.29 is 4.79 Å². The Kier molecular flexibility index (Phi) is 4.76. The summed E-state index contributed by atoms with van der Waals surface area (Å²) in [7, 11) is 0. The third-order valence-corrected chi connectivity index (χ3v) is 4.14. The van der Waals surface area contributed by atoms with Gasteiger partial charge in [-0.25, -0.2) is 4.68 Å². The fourth-order valence-corrected chi connectivity index (χ4v) is 2.67. The number of benzene rings is 2. The lowest BCUT2D eigenvalue weighted by Gasteiger charge is -2.09. The van der Waals surface area contributed by atoms with Gasteiger partial charge in [0.1, 0.15) is 5.82 Å². The average Bonchev–Trinajstić information content (AvgIpc) is 2.88. The minimum absolute atomic E-state index is 0.129. The number of amides is 1. The first-order valence-electron chi connectivity index (χ1n) is 7.27. The number of aryl methyl sites for hydroxylation is 1. The van der Waals surface area contributed by atoms with Crippen molar-refractivity contribution in [2.45, 2.75) is 13.5 Å². The van der Waals surface area contributed by atoms with E-state index in [4.69, 9.17) is 0 Å². The number of carbonyl (C=O) groups excluding carboxylic acids is 1. The fourth-order valence-electron chi connectivity index (χ4n) is 2.31. The summed E-state index contributed by atoms with van der Waals surface area (Å²) in [5, 5.41) is 7.41. The Labute approximate surface area is 148 Å². The largest absolute Gasteiger partial charge is 0.307 e. The molecule has 1 N–H and O–H groups in total. The SMILES string of the molecule is Cc1cc(NC(=O)c2ccc(I)cc2)n(Cc2ccccc2)n1. The van der Waals surface area contributed by atoms with Gasteiger partial charge in [-0.15, -0.1) is 0 Å². The van der Waals surface area contributed by atoms with Gasteiger partial charge in [-0.1, -0.05) is 30.3 Å². The summed E-state index contributed by atoms with van der Waals surface area (Å²) in [6.45, 7) is 2.54. The van der Waals surface area contributed by atoms with Crippen molar-refractivity contribution in [2.24, 2.45) is 0 Å². The molecule has 0 saturated heterocycles. The van der Waals surface area contributed by atoms with E-state index >= 15 is 0 Å². The standard InChI is InChI=1S/C18H16IN3O/c1-13-11-17(20-18(23)15-7-9-16(19)10-8-15)22(21-13)12-14-5-3-2-4-6-14/h2-11H,12H2,1H3,(H,20,23). The van der Waals surface area contributed by atoms with Gasteiger partial charge in [0, 0.05) is 15.2 Å². The lowest BCUT2D eigenvalue weighted by molar-refractivity contribution is 0.102. The van der Waals surface area contributed by atoms with Crippen molar-refractivity contribution >= 4 is 34.3 Å². The molecule has 0 unspecified atom stereocenters. The van der Waals surface area contributed by atoms with Crippen molar-refractivity contribution in [1.82, 2.24) is 9.78 Å². The molecule has 1 heterocycles. The summed E-state index contributed by atoms with van der Waals surface area (Å²) in [6.07, 6.45) is 0. The molecule has 0 aliphatic carbocycles. The van der Waals surface area contributed by atoms with E-state index in [-0.39, 0.29) is 5.91 Å². The molecule has 0 saturated carbocycles. The van der Waals surface area contributed by atoms with Crippen LogP contribution in [-0.4, -0.2) is 15.7 Å². The number of rotatable bonds is 4. The molecule has 0 atom stereocenters. The van der Waals surface area contributed by atoms with Crippen LogP contribution in [0.1, 0.15) is 21.6 Å². The van der Waals surface area contributed by atoms with Crippen LogP contribution in [-0.2, 0) is 6.54 Å². The van der Waals surface area contributed by atoms with Crippen molar-refractivity contribution in [3.05, 3.63) is 81.1 Å². The van der Waals surface area contributed by atoms with Crippen molar-refractivity contribution in [1.29, 1.82) is 0 Å². The minimum Gasteiger partial charge on any atom is -0.307 e. The summed E-state index contributed by atoms with van der Waals surface area (Å²) in [5.41, 5.74) is 2.65. The molecular formula is C18H16IN3O. The predicted octanol–water partition coefficient (Wildman–Crippen LogP) is 4.10. The third kappa shape index (κ3) is 3.98. The second kappa shape index (κ2) is 6.95. The Morgan fingerprint density at radius 2 is 1.83 bits per heavy atom. The Hall–Kier alpha value is -2.15. The van der Waals surface area contributed by atoms with E-state index in [1.165, 1.54) is 0 Å². The zero-order chi connectivity index (χ0) is 16.2. The van der Waals surface area contributed by atoms with E-state index in [9.17, 15) is 4.79 Å². The number of hydrogen-bond donors (Lipinski definition) is 1. The van der Waals surface area contributed by atoms with Gasteiger partial charge in [0.15, 0.2) is 0 Å². The molecule has 0 fully saturated rings. The van der Waals surface area contributed by atoms with Gasteiger partial charge in [-0.05, 0) is 59.3 Å². The number of nitrogens with one attached hydrogen (secondary N) is 1. The van der Waals surface area contributed by atoms with Crippen LogP contribution in [0.2, 0.25) is 0 Å². The molecule has 0 spiro atoms. The molecule has 5 heteroatoms. The zero-order valence-electron chi connectivity index (χ0n) is 12.7. The zero-order valence-corrected chi connectivity index (χ0v) is 14.8. The normalized spacial score (nSPS) is 10.5. The van der Waals surface area contributed by atoms with E-state index < -0.39 is 0 Å². The Morgan fingerprint density at radius 3 is 2.52 bits per heavy atom. The van der Waals surface area contributed by atoms with Crippen molar-refractivity contribution in [3.63, 3.8) is 0 Å². The highest BCUT2D eigenvalue weighted by atomic mass is 127. The highest BCUT2D eigenvalue weighted by Crippen LogP contribution is 2.15. The second-order valence-corrected chi connectivity index (χ2v) is 6.52. The maximum atomic E-state index is 12.4. The molecule has 0 aliphatic rings. The molecule has 4 nitrogen and oxygen atoms in total. The Bertz CT molecular complexity index is 810. The van der Waals surface area contributed by atoms with Crippen LogP contribution in [0.3, 0.4) is 0 Å². The summed E-state index contributed by atoms with van der Waals surface area (Å²) in [4.78, 5) is 12.4. The smallest absolute Gasteiger partial charge is 0.256 e. The van der Waals surface area contributed by atoms with Gasteiger partial charge in [0.05, 0.1) is 12.2 Å². The number of anilines is 1. The molecule has 3 rings (SSSR count). The molecule has 0 bridgehead atoms. The van der Waals surface area contributed by atoms with E-state index in [1.807, 2.05) is 72.3 Å². The highest BCUT2D eigenvalue weighted by Gasteiger charge is 2.11. The lowest BCUT2D eigenvalue weighted by atomic mass is 10.2.